The Morgan fingerprint density at radius 1 is 1.59 bits per heavy atom. The fourth-order valence-corrected chi connectivity index (χ4v) is 1.60. The topological polar surface area (TPSA) is 67.5 Å². The summed E-state index contributed by atoms with van der Waals surface area (Å²) < 4.78 is 5.59. The summed E-state index contributed by atoms with van der Waals surface area (Å²) >= 11 is 8.12. The first-order valence-corrected chi connectivity index (χ1v) is 5.91. The van der Waals surface area contributed by atoms with Crippen LogP contribution in [-0.4, -0.2) is 30.6 Å². The molecule has 0 bridgehead atoms. The standard InChI is InChI=1S/C10H12BrN3O2S/c1-12-10(17)14-13-5-6-3-7(11)9(15)8(4-6)16-2/h3-5,15H,1-2H3,(H2,12,14,17)/p+1. The zero-order chi connectivity index (χ0) is 12.8. The first-order chi connectivity index (χ1) is 8.08. The molecule has 1 aromatic rings. The van der Waals surface area contributed by atoms with Crippen LogP contribution in [0.25, 0.3) is 0 Å². The van der Waals surface area contributed by atoms with Gasteiger partial charge in [0, 0.05) is 12.6 Å². The van der Waals surface area contributed by atoms with Crippen LogP contribution in [0.1, 0.15) is 5.56 Å². The maximum Gasteiger partial charge on any atom is 0.223 e. The number of benzene rings is 1. The first-order valence-electron chi connectivity index (χ1n) is 4.71. The van der Waals surface area contributed by atoms with Gasteiger partial charge in [-0.3, -0.25) is 0 Å². The molecule has 92 valence electrons. The van der Waals surface area contributed by atoms with Gasteiger partial charge in [-0.2, -0.15) is 0 Å². The van der Waals surface area contributed by atoms with Crippen molar-refractivity contribution in [3.05, 3.63) is 22.2 Å². The van der Waals surface area contributed by atoms with Crippen LogP contribution in [0.5, 0.6) is 11.5 Å². The molecule has 0 fully saturated rings. The van der Waals surface area contributed by atoms with Gasteiger partial charge in [0.25, 0.3) is 0 Å². The van der Waals surface area contributed by atoms with Crippen molar-refractivity contribution in [3.63, 3.8) is 0 Å². The fraction of sp³-hybridized carbons (Fsp3) is 0.200. The number of ether oxygens (including phenoxy) is 1. The number of halogens is 1. The minimum absolute atomic E-state index is 0.0726. The molecule has 7 heteroatoms. The Hall–Kier alpha value is -1.34. The number of aromatic hydroxyl groups is 1. The minimum Gasteiger partial charge on any atom is -0.503 e. The lowest BCUT2D eigenvalue weighted by atomic mass is 10.2. The number of phenols is 1. The quantitative estimate of drug-likeness (QED) is 0.349. The van der Waals surface area contributed by atoms with Gasteiger partial charge in [0.05, 0.1) is 11.6 Å². The molecule has 0 atom stereocenters. The monoisotopic (exact) mass is 318 g/mol. The molecule has 0 aliphatic carbocycles. The molecule has 0 aliphatic rings. The molecule has 5 nitrogen and oxygen atoms in total. The van der Waals surface area contributed by atoms with E-state index in [9.17, 15) is 5.11 Å². The van der Waals surface area contributed by atoms with E-state index in [1.165, 1.54) is 7.11 Å². The van der Waals surface area contributed by atoms with Crippen LogP contribution in [0.4, 0.5) is 0 Å². The van der Waals surface area contributed by atoms with Crippen molar-refractivity contribution in [1.29, 1.82) is 0 Å². The average molecular weight is 319 g/mol. The first kappa shape index (κ1) is 13.7. The summed E-state index contributed by atoms with van der Waals surface area (Å²) in [6.45, 7) is 0. The Labute approximate surface area is 113 Å². The Morgan fingerprint density at radius 3 is 2.88 bits per heavy atom. The van der Waals surface area contributed by atoms with E-state index in [1.54, 1.807) is 25.4 Å². The maximum absolute atomic E-state index is 9.62. The molecule has 0 radical (unpaired) electrons. The summed E-state index contributed by atoms with van der Waals surface area (Å²) in [6, 6.07) is 3.44. The molecule has 0 amide bonds. The van der Waals surface area contributed by atoms with E-state index in [1.807, 2.05) is 0 Å². The van der Waals surface area contributed by atoms with Crippen molar-refractivity contribution in [2.45, 2.75) is 0 Å². The molecule has 1 aromatic carbocycles. The lowest BCUT2D eigenvalue weighted by molar-refractivity contribution is -0.500. The Kier molecular flexibility index (Phi) is 5.17. The van der Waals surface area contributed by atoms with E-state index in [0.717, 1.165) is 5.56 Å². The van der Waals surface area contributed by atoms with E-state index in [2.05, 4.69) is 31.8 Å². The number of nitrogens with one attached hydrogen (secondary N) is 3. The number of hydrazine groups is 1. The van der Waals surface area contributed by atoms with Gasteiger partial charge in [0.1, 0.15) is 0 Å². The lowest BCUT2D eigenvalue weighted by Gasteiger charge is -2.05. The molecule has 0 unspecified atom stereocenters. The molecule has 1 rings (SSSR count). The second-order valence-corrected chi connectivity index (χ2v) is 4.31. The van der Waals surface area contributed by atoms with Crippen LogP contribution in [0.15, 0.2) is 16.6 Å². The number of phenolic OH excluding ortho intramolecular Hbond substituents is 1. The molecule has 0 saturated heterocycles. The predicted molar refractivity (Wildman–Crippen MR) is 73.3 cm³/mol. The summed E-state index contributed by atoms with van der Waals surface area (Å²) in [5.74, 6) is 0.465. The Balaban J connectivity index is 2.85. The molecule has 0 aromatic heterocycles. The highest BCUT2D eigenvalue weighted by Crippen LogP contribution is 2.34. The minimum atomic E-state index is 0.0726. The second kappa shape index (κ2) is 6.41. The van der Waals surface area contributed by atoms with E-state index < -0.39 is 0 Å². The summed E-state index contributed by atoms with van der Waals surface area (Å²) in [4.78, 5) is 0. The van der Waals surface area contributed by atoms with Crippen LogP contribution in [0, 0.1) is 0 Å². The van der Waals surface area contributed by atoms with E-state index >= 15 is 0 Å². The summed E-state index contributed by atoms with van der Waals surface area (Å²) in [7, 11) is 3.21. The summed E-state index contributed by atoms with van der Waals surface area (Å²) in [6.07, 6.45) is 1.69. The van der Waals surface area contributed by atoms with E-state index in [0.29, 0.717) is 15.3 Å². The Bertz CT molecular complexity index is 451. The average Bonchev–Trinajstić information content (AvgIpc) is 2.33. The van der Waals surface area contributed by atoms with Crippen LogP contribution < -0.4 is 20.6 Å². The molecule has 0 spiro atoms. The number of hydrogen-bond donors (Lipinski definition) is 4. The fourth-order valence-electron chi connectivity index (χ4n) is 1.08. The van der Waals surface area contributed by atoms with Crippen molar-refractivity contribution in [2.24, 2.45) is 0 Å². The molecular weight excluding hydrogens is 306 g/mol. The number of rotatable bonds is 3. The van der Waals surface area contributed by atoms with Gasteiger partial charge in [-0.15, -0.1) is 10.5 Å². The molecule has 0 aliphatic heterocycles. The summed E-state index contributed by atoms with van der Waals surface area (Å²) in [5.41, 5.74) is 3.57. The molecule has 0 heterocycles. The van der Waals surface area contributed by atoms with Crippen molar-refractivity contribution in [2.75, 3.05) is 14.2 Å². The smallest absolute Gasteiger partial charge is 0.223 e. The van der Waals surface area contributed by atoms with Crippen LogP contribution >= 0.6 is 28.1 Å². The van der Waals surface area contributed by atoms with E-state index in [4.69, 9.17) is 17.0 Å². The van der Waals surface area contributed by atoms with Crippen LogP contribution in [-0.2, 0) is 0 Å². The van der Waals surface area contributed by atoms with Crippen molar-refractivity contribution < 1.29 is 14.9 Å². The highest BCUT2D eigenvalue weighted by molar-refractivity contribution is 9.10. The number of methoxy groups -OCH3 is 1. The van der Waals surface area contributed by atoms with Gasteiger partial charge < -0.3 is 15.2 Å². The number of thiocarbonyl (C=S) groups is 1. The Morgan fingerprint density at radius 2 is 2.29 bits per heavy atom. The van der Waals surface area contributed by atoms with Crippen molar-refractivity contribution in [3.8, 4) is 11.5 Å². The lowest BCUT2D eigenvalue weighted by Crippen LogP contribution is -2.82. The zero-order valence-corrected chi connectivity index (χ0v) is 11.8. The highest BCUT2D eigenvalue weighted by atomic mass is 79.9. The number of hydrazone groups is 1. The van der Waals surface area contributed by atoms with Gasteiger partial charge in [-0.05, 0) is 40.3 Å². The largest absolute Gasteiger partial charge is 0.503 e. The highest BCUT2D eigenvalue weighted by Gasteiger charge is 2.08. The van der Waals surface area contributed by atoms with Crippen LogP contribution in [0.2, 0.25) is 0 Å². The molecule has 4 N–H and O–H groups in total. The van der Waals surface area contributed by atoms with Gasteiger partial charge in [0.2, 0.25) is 5.11 Å². The van der Waals surface area contributed by atoms with E-state index in [-0.39, 0.29) is 5.75 Å². The van der Waals surface area contributed by atoms with Crippen molar-refractivity contribution >= 4 is 39.5 Å². The normalized spacial score (nSPS) is 10.3. The van der Waals surface area contributed by atoms with Crippen LogP contribution in [0.3, 0.4) is 0 Å². The maximum atomic E-state index is 9.62. The molecule has 17 heavy (non-hydrogen) atoms. The van der Waals surface area contributed by atoms with Gasteiger partial charge in [-0.25, -0.2) is 0 Å². The third-order valence-electron chi connectivity index (χ3n) is 1.92. The zero-order valence-electron chi connectivity index (χ0n) is 9.37. The van der Waals surface area contributed by atoms with Gasteiger partial charge in [-0.1, -0.05) is 0 Å². The predicted octanol–water partition coefficient (Wildman–Crippen LogP) is -0.328. The SMILES string of the molecule is CNC(=S)N[NH+]=Cc1cc(Br)c(O)c(OC)c1. The second-order valence-electron chi connectivity index (χ2n) is 3.05. The summed E-state index contributed by atoms with van der Waals surface area (Å²) in [5, 5.41) is 15.7. The third kappa shape index (κ3) is 3.86. The molecular formula is C10H13BrN3O2S+. The van der Waals surface area contributed by atoms with Crippen molar-refractivity contribution in [1.82, 2.24) is 10.7 Å². The molecule has 0 saturated carbocycles. The number of hydrogen-bond acceptors (Lipinski definition) is 3. The van der Waals surface area contributed by atoms with Gasteiger partial charge >= 0.3 is 0 Å². The third-order valence-corrected chi connectivity index (χ3v) is 2.83. The van der Waals surface area contributed by atoms with Gasteiger partial charge in [0.15, 0.2) is 17.7 Å².